The first kappa shape index (κ1) is 50.8. The number of para-hydroxylation sites is 1. The van der Waals surface area contributed by atoms with Crippen molar-refractivity contribution in [2.24, 2.45) is 0 Å². The number of halogens is 20. The maximum absolute atomic E-state index is 15.4. The Morgan fingerprint density at radius 1 is 0.329 bits per heavy atom. The molecule has 0 aliphatic carbocycles. The first-order valence-corrected chi connectivity index (χ1v) is 19.9. The predicted molar refractivity (Wildman–Crippen MR) is 215 cm³/mol. The van der Waals surface area contributed by atoms with Crippen LogP contribution in [0.5, 0.6) is 0 Å². The van der Waals surface area contributed by atoms with E-state index in [0.717, 1.165) is 17.9 Å². The van der Waals surface area contributed by atoms with Gasteiger partial charge in [-0.3, -0.25) is 0 Å². The molecule has 0 fully saturated rings. The van der Waals surface area contributed by atoms with Crippen LogP contribution in [0.3, 0.4) is 0 Å². The molecule has 1 aromatic heterocycles. The Balaban J connectivity index is 0.000000242. The Bertz CT molecular complexity index is 3030. The second-order valence-electron chi connectivity index (χ2n) is 15.1. The summed E-state index contributed by atoms with van der Waals surface area (Å²) in [7, 11) is 0. The molecule has 0 amide bonds. The molecule has 8 aromatic rings. The van der Waals surface area contributed by atoms with E-state index >= 15 is 35.1 Å². The largest absolute Gasteiger partial charge is 0.212 e. The van der Waals surface area contributed by atoms with Crippen molar-refractivity contribution in [3.63, 3.8) is 0 Å². The third-order valence-corrected chi connectivity index (χ3v) is 11.7. The van der Waals surface area contributed by atoms with Gasteiger partial charge in [0.1, 0.15) is 52.7 Å². The van der Waals surface area contributed by atoms with Gasteiger partial charge >= 0.3 is 0 Å². The van der Waals surface area contributed by atoms with E-state index in [1.165, 1.54) is 27.7 Å². The molecular formula is C47H20BF20NS. The van der Waals surface area contributed by atoms with Crippen LogP contribution in [0.1, 0.15) is 16.8 Å². The Kier molecular flexibility index (Phi) is 14.1. The highest BCUT2D eigenvalue weighted by Gasteiger charge is 2.52. The summed E-state index contributed by atoms with van der Waals surface area (Å²) in [5, 5.41) is 1.27. The minimum absolute atomic E-state index is 0.867. The second kappa shape index (κ2) is 19.4. The van der Waals surface area contributed by atoms with Crippen LogP contribution in [0.25, 0.3) is 10.9 Å². The molecule has 0 bridgehead atoms. The number of hydrogen-bond donors (Lipinski definition) is 1. The average molecular weight is 1020 g/mol. The van der Waals surface area contributed by atoms with Gasteiger partial charge in [-0.15, -0.1) is 34.5 Å². The van der Waals surface area contributed by atoms with Crippen molar-refractivity contribution in [3.8, 4) is 0 Å². The third-order valence-electron chi connectivity index (χ3n) is 11.3. The summed E-state index contributed by atoms with van der Waals surface area (Å²) in [5.41, 5.74) is -9.21. The topological polar surface area (TPSA) is 3.88 Å². The van der Waals surface area contributed by atoms with Crippen molar-refractivity contribution in [3.05, 3.63) is 224 Å². The number of pyridine rings is 1. The highest BCUT2D eigenvalue weighted by molar-refractivity contribution is 7.80. The van der Waals surface area contributed by atoms with Crippen molar-refractivity contribution in [1.29, 1.82) is 0 Å². The molecule has 23 heteroatoms. The molecule has 0 aliphatic heterocycles. The summed E-state index contributed by atoms with van der Waals surface area (Å²) >= 11 is 4.63. The maximum atomic E-state index is 15.4. The molecule has 0 radical (unpaired) electrons. The number of aromatic nitrogens is 1. The van der Waals surface area contributed by atoms with Gasteiger partial charge in [0.15, 0.2) is 82.0 Å². The molecule has 0 N–H and O–H groups in total. The zero-order valence-corrected chi connectivity index (χ0v) is 35.0. The number of rotatable bonds is 8. The zero-order chi connectivity index (χ0) is 51.4. The molecule has 362 valence electrons. The molecule has 8 rings (SSSR count). The van der Waals surface area contributed by atoms with Crippen LogP contribution in [0, 0.1) is 116 Å². The van der Waals surface area contributed by atoms with Gasteiger partial charge in [-0.2, -0.15) is 4.57 Å². The molecule has 0 saturated carbocycles. The fraction of sp³-hybridized carbons (Fsp3) is 0.0426. The normalized spacial score (nSPS) is 11.6. The smallest absolute Gasteiger partial charge is 0.207 e. The molecule has 1 heterocycles. The van der Waals surface area contributed by atoms with Crippen molar-refractivity contribution in [2.75, 3.05) is 0 Å². The summed E-state index contributed by atoms with van der Waals surface area (Å²) in [6, 6.07) is 32.0. The lowest BCUT2D eigenvalue weighted by molar-refractivity contribution is -0.669. The number of thiol groups is 1. The van der Waals surface area contributed by atoms with Crippen LogP contribution in [0.4, 0.5) is 87.8 Å². The first-order chi connectivity index (χ1) is 33.0. The minimum atomic E-state index is -7.22. The van der Waals surface area contributed by atoms with E-state index < -0.39 is 144 Å². The standard InChI is InChI=1S/C24BF20.C23H19NS/c26-5-1(6(27)14(35)21(42)13(5)34)25(2-7(28)15(36)22(43)16(37)8(2)29,3-9(30)17(38)23(44)18(39)10(3)31)4-11(32)19(40)24(45)20(41)12(4)33;25-23-13-7-5-11-20(23)16-21-15-14-19-10-4-6-12-22(19)24(21)17-18-8-2-1-3-9-18/h;1-15H,16-17H2/q-1;/p+1. The van der Waals surface area contributed by atoms with E-state index in [0.29, 0.717) is 0 Å². The fourth-order valence-electron chi connectivity index (χ4n) is 8.14. The molecule has 70 heavy (non-hydrogen) atoms. The van der Waals surface area contributed by atoms with Crippen LogP contribution in [-0.4, -0.2) is 6.15 Å². The summed E-state index contributed by atoms with van der Waals surface area (Å²) in [5.74, 6) is -71.4. The van der Waals surface area contributed by atoms with Crippen LogP contribution >= 0.6 is 12.6 Å². The van der Waals surface area contributed by atoms with E-state index in [1.54, 1.807) is 0 Å². The molecule has 0 aliphatic rings. The maximum Gasteiger partial charge on any atom is 0.212 e. The van der Waals surface area contributed by atoms with Gasteiger partial charge < -0.3 is 0 Å². The summed E-state index contributed by atoms with van der Waals surface area (Å²) in [4.78, 5) is 1.04. The SMILES string of the molecule is Fc1c(F)c(F)c([B-](c2c(F)c(F)c(F)c(F)c2F)(c2c(F)c(F)c(F)c(F)c2F)c2c(F)c(F)c(F)c(F)c2F)c(F)c1F.Sc1ccccc1Cc1ccc2ccccc2[n+]1Cc1ccccc1. The highest BCUT2D eigenvalue weighted by atomic mass is 32.1. The Morgan fingerprint density at radius 3 is 1.01 bits per heavy atom. The van der Waals surface area contributed by atoms with Gasteiger partial charge in [0.2, 0.25) is 5.52 Å². The van der Waals surface area contributed by atoms with Gasteiger partial charge in [-0.05, 0) is 23.8 Å². The first-order valence-electron chi connectivity index (χ1n) is 19.5. The highest BCUT2D eigenvalue weighted by Crippen LogP contribution is 2.31. The Morgan fingerprint density at radius 2 is 0.643 bits per heavy atom. The van der Waals surface area contributed by atoms with Crippen LogP contribution in [0.2, 0.25) is 0 Å². The van der Waals surface area contributed by atoms with Crippen LogP contribution in [-0.2, 0) is 13.0 Å². The molecular weight excluding hydrogens is 1000 g/mol. The molecule has 0 saturated heterocycles. The van der Waals surface area contributed by atoms with E-state index in [2.05, 4.69) is 102 Å². The van der Waals surface area contributed by atoms with Crippen LogP contribution < -0.4 is 26.4 Å². The Labute approximate surface area is 385 Å². The van der Waals surface area contributed by atoms with E-state index in [4.69, 9.17) is 0 Å². The fourth-order valence-corrected chi connectivity index (χ4v) is 8.38. The quantitative estimate of drug-likeness (QED) is 0.0386. The van der Waals surface area contributed by atoms with E-state index in [-0.39, 0.29) is 0 Å². The van der Waals surface area contributed by atoms with Gasteiger partial charge in [0.25, 0.3) is 0 Å². The zero-order valence-electron chi connectivity index (χ0n) is 34.1. The summed E-state index contributed by atoms with van der Waals surface area (Å²) in [6.07, 6.45) is -6.34. The van der Waals surface area contributed by atoms with Crippen molar-refractivity contribution in [2.45, 2.75) is 17.9 Å². The predicted octanol–water partition coefficient (Wildman–Crippen LogP) is 10.9. The van der Waals surface area contributed by atoms with Gasteiger partial charge in [0, 0.05) is 28.0 Å². The van der Waals surface area contributed by atoms with E-state index in [9.17, 15) is 52.7 Å². The Hall–Kier alpha value is -7.04. The van der Waals surface area contributed by atoms with Crippen molar-refractivity contribution < 1.29 is 92.4 Å². The average Bonchev–Trinajstić information content (AvgIpc) is 3.35. The van der Waals surface area contributed by atoms with Crippen molar-refractivity contribution in [1.82, 2.24) is 0 Å². The monoisotopic (exact) mass is 1020 g/mol. The number of benzene rings is 7. The minimum Gasteiger partial charge on any atom is -0.207 e. The third kappa shape index (κ3) is 8.15. The van der Waals surface area contributed by atoms with Gasteiger partial charge in [-0.1, -0.05) is 60.7 Å². The lowest BCUT2D eigenvalue weighted by Gasteiger charge is -2.44. The van der Waals surface area contributed by atoms with Gasteiger partial charge in [-0.25, -0.2) is 87.8 Å². The molecule has 1 nitrogen and oxygen atoms in total. The lowest BCUT2D eigenvalue weighted by Crippen LogP contribution is -2.81. The number of hydrogen-bond acceptors (Lipinski definition) is 1. The molecule has 7 aromatic carbocycles. The molecule has 0 spiro atoms. The van der Waals surface area contributed by atoms with Gasteiger partial charge in [0.05, 0.1) is 6.42 Å². The number of nitrogens with zero attached hydrogens (tertiary/aromatic N) is 1. The molecule has 0 unspecified atom stereocenters. The van der Waals surface area contributed by atoms with E-state index in [1.807, 2.05) is 6.07 Å². The lowest BCUT2D eigenvalue weighted by atomic mass is 9.12. The van der Waals surface area contributed by atoms with Crippen molar-refractivity contribution >= 4 is 51.5 Å². The summed E-state index contributed by atoms with van der Waals surface area (Å²) in [6.45, 7) is 0.867. The summed E-state index contributed by atoms with van der Waals surface area (Å²) < 4.78 is 296. The second-order valence-corrected chi connectivity index (χ2v) is 15.5. The number of fused-ring (bicyclic) bond motifs is 1. The molecule has 0 atom stereocenters. The van der Waals surface area contributed by atoms with Crippen LogP contribution in [0.15, 0.2) is 95.9 Å².